The van der Waals surface area contributed by atoms with E-state index in [1.165, 1.54) is 28.8 Å². The normalized spacial score (nSPS) is 9.40. The molecule has 264 valence electrons. The number of hydrogen-bond acceptors (Lipinski definition) is 7. The fourth-order valence-corrected chi connectivity index (χ4v) is 4.19. The van der Waals surface area contributed by atoms with Crippen molar-refractivity contribution in [2.24, 2.45) is 0 Å². The van der Waals surface area contributed by atoms with Crippen LogP contribution in [0.15, 0.2) is 91.4 Å². The summed E-state index contributed by atoms with van der Waals surface area (Å²) < 4.78 is 12.4. The van der Waals surface area contributed by atoms with E-state index in [9.17, 15) is 4.39 Å². The molecule has 7 nitrogen and oxygen atoms in total. The zero-order chi connectivity index (χ0) is 37.6. The minimum atomic E-state index is -0.208. The summed E-state index contributed by atoms with van der Waals surface area (Å²) in [5.74, 6) is 0.630. The van der Waals surface area contributed by atoms with Crippen LogP contribution in [0.3, 0.4) is 0 Å². The summed E-state index contributed by atoms with van der Waals surface area (Å²) in [5.41, 5.74) is 12.8. The Morgan fingerprint density at radius 2 is 0.880 bits per heavy atom. The average Bonchev–Trinajstić information content (AvgIpc) is 3.00. The van der Waals surface area contributed by atoms with E-state index >= 15 is 0 Å². The maximum absolute atomic E-state index is 12.4. The van der Waals surface area contributed by atoms with E-state index in [1.807, 2.05) is 85.7 Å². The van der Waals surface area contributed by atoms with Crippen molar-refractivity contribution in [3.8, 4) is 0 Å². The van der Waals surface area contributed by atoms with Crippen LogP contribution in [0.4, 0.5) is 4.39 Å². The Morgan fingerprint density at radius 3 is 1.20 bits per heavy atom. The van der Waals surface area contributed by atoms with E-state index in [-0.39, 0.29) is 5.82 Å². The van der Waals surface area contributed by atoms with E-state index in [4.69, 9.17) is 0 Å². The Labute approximate surface area is 299 Å². The van der Waals surface area contributed by atoms with Crippen LogP contribution in [-0.2, 0) is 0 Å². The van der Waals surface area contributed by atoms with E-state index in [0.29, 0.717) is 0 Å². The van der Waals surface area contributed by atoms with Crippen LogP contribution in [0.5, 0.6) is 0 Å². The van der Waals surface area contributed by atoms with Crippen molar-refractivity contribution in [3.05, 3.63) is 171 Å². The van der Waals surface area contributed by atoms with Crippen LogP contribution < -0.4 is 0 Å². The molecule has 0 spiro atoms. The molecule has 5 aromatic heterocycles. The first kappa shape index (κ1) is 42.8. The maximum atomic E-state index is 12.4. The molecule has 6 rings (SSSR count). The highest BCUT2D eigenvalue weighted by molar-refractivity contribution is 5.20. The zero-order valence-corrected chi connectivity index (χ0v) is 32.2. The van der Waals surface area contributed by atoms with E-state index < -0.39 is 0 Å². The molecular weight excluding hydrogens is 622 g/mol. The third kappa shape index (κ3) is 20.9. The SMILES string of the molecule is Cc1cc(F)cc(C)n1.Cc1ccc(C)c(C)n1.Cc1cccc(C)c1.Cc1cccc(C)n1.Cc1ccnc(C)n1.Cc1cncc(C)n1. The number of nitrogens with zero attached hydrogens (tertiary/aromatic N) is 7. The number of pyridine rings is 3. The van der Waals surface area contributed by atoms with Gasteiger partial charge in [0.25, 0.3) is 0 Å². The Hall–Kier alpha value is -5.24. The van der Waals surface area contributed by atoms with Crippen molar-refractivity contribution < 1.29 is 4.39 Å². The average molecular weight is 676 g/mol. The van der Waals surface area contributed by atoms with Gasteiger partial charge in [-0.3, -0.25) is 24.9 Å². The molecule has 0 radical (unpaired) electrons. The van der Waals surface area contributed by atoms with Crippen LogP contribution in [-0.4, -0.2) is 34.9 Å². The van der Waals surface area contributed by atoms with Gasteiger partial charge in [0, 0.05) is 58.4 Å². The van der Waals surface area contributed by atoms with Gasteiger partial charge in [-0.25, -0.2) is 14.4 Å². The van der Waals surface area contributed by atoms with Gasteiger partial charge in [-0.2, -0.15) is 0 Å². The fraction of sp³-hybridized carbons (Fsp3) is 0.310. The standard InChI is InChI=1S/C8H11N.C8H10.C7H8FN.C7H9N.2C6H8N2/c1-6-4-5-7(2)9-8(6)3;1-7-4-3-5-8(2)6-7;1-5-3-7(8)4-6(2)9-5;1-6-4-3-5-7(2)8-6;1-5-3-7-4-6(2)8-5;1-5-3-4-7-6(2)8-5/h4-5H,1-3H3;3-6H,1-2H3;3-4H,1-2H3;3-5H,1-2H3;2*3-4H,1-2H3. The minimum Gasteiger partial charge on any atom is -0.261 e. The van der Waals surface area contributed by atoms with E-state index in [0.717, 1.165) is 57.1 Å². The fourth-order valence-electron chi connectivity index (χ4n) is 4.19. The second kappa shape index (κ2) is 23.2. The second-order valence-electron chi connectivity index (χ2n) is 12.0. The summed E-state index contributed by atoms with van der Waals surface area (Å²) in [4.78, 5) is 28.5. The van der Waals surface area contributed by atoms with Crippen LogP contribution >= 0.6 is 0 Å². The largest absolute Gasteiger partial charge is 0.261 e. The van der Waals surface area contributed by atoms with Crippen LogP contribution in [0.1, 0.15) is 73.8 Å². The predicted molar refractivity (Wildman–Crippen MR) is 205 cm³/mol. The monoisotopic (exact) mass is 675 g/mol. The number of benzene rings is 1. The van der Waals surface area contributed by atoms with Crippen molar-refractivity contribution in [1.29, 1.82) is 0 Å². The van der Waals surface area contributed by atoms with Gasteiger partial charge in [0.2, 0.25) is 0 Å². The van der Waals surface area contributed by atoms with Gasteiger partial charge in [-0.05, 0) is 132 Å². The third-order valence-corrected chi connectivity index (χ3v) is 6.53. The molecule has 0 aliphatic carbocycles. The lowest BCUT2D eigenvalue weighted by atomic mass is 10.2. The van der Waals surface area contributed by atoms with Crippen molar-refractivity contribution in [3.63, 3.8) is 0 Å². The molecule has 5 heterocycles. The Kier molecular flexibility index (Phi) is 19.8. The lowest BCUT2D eigenvalue weighted by molar-refractivity contribution is 0.621. The first-order chi connectivity index (χ1) is 23.5. The Bertz CT molecular complexity index is 1580. The highest BCUT2D eigenvalue weighted by Crippen LogP contribution is 2.03. The number of rotatable bonds is 0. The highest BCUT2D eigenvalue weighted by atomic mass is 19.1. The lowest BCUT2D eigenvalue weighted by Gasteiger charge is -1.97. The Morgan fingerprint density at radius 1 is 0.420 bits per heavy atom. The molecule has 0 fully saturated rings. The summed E-state index contributed by atoms with van der Waals surface area (Å²) >= 11 is 0. The zero-order valence-electron chi connectivity index (χ0n) is 32.2. The predicted octanol–water partition coefficient (Wildman–Crippen LogP) is 10.0. The summed E-state index contributed by atoms with van der Waals surface area (Å²) in [6.07, 6.45) is 5.25. The summed E-state index contributed by atoms with van der Waals surface area (Å²) in [7, 11) is 0. The summed E-state index contributed by atoms with van der Waals surface area (Å²) in [6.45, 7) is 25.5. The van der Waals surface area contributed by atoms with Gasteiger partial charge in [-0.15, -0.1) is 0 Å². The van der Waals surface area contributed by atoms with E-state index in [1.54, 1.807) is 32.4 Å². The number of halogens is 1. The van der Waals surface area contributed by atoms with Crippen molar-refractivity contribution in [1.82, 2.24) is 34.9 Å². The molecule has 6 aromatic rings. The lowest BCUT2D eigenvalue weighted by Crippen LogP contribution is -1.87. The molecule has 50 heavy (non-hydrogen) atoms. The molecule has 8 heteroatoms. The molecule has 0 atom stereocenters. The molecule has 0 N–H and O–H groups in total. The third-order valence-electron chi connectivity index (χ3n) is 6.53. The highest BCUT2D eigenvalue weighted by Gasteiger charge is 1.93. The van der Waals surface area contributed by atoms with Crippen LogP contribution in [0.2, 0.25) is 0 Å². The first-order valence-electron chi connectivity index (χ1n) is 16.5. The smallest absolute Gasteiger partial charge is 0.126 e. The molecule has 1 aromatic carbocycles. The van der Waals surface area contributed by atoms with Gasteiger partial charge < -0.3 is 0 Å². The first-order valence-corrected chi connectivity index (χ1v) is 16.5. The molecular formula is C42H54FN7. The Balaban J connectivity index is 0.000000300. The molecule has 0 unspecified atom stereocenters. The van der Waals surface area contributed by atoms with Gasteiger partial charge in [0.1, 0.15) is 11.6 Å². The molecule has 0 saturated carbocycles. The summed E-state index contributed by atoms with van der Waals surface area (Å²) in [6, 6.07) is 23.3. The van der Waals surface area contributed by atoms with Gasteiger partial charge in [-0.1, -0.05) is 47.5 Å². The molecule has 0 bridgehead atoms. The molecule has 0 amide bonds. The van der Waals surface area contributed by atoms with Gasteiger partial charge in [0.05, 0.1) is 11.4 Å². The molecule has 0 aliphatic heterocycles. The van der Waals surface area contributed by atoms with Gasteiger partial charge in [0.15, 0.2) is 0 Å². The topological polar surface area (TPSA) is 90.2 Å². The molecule has 0 saturated heterocycles. The number of aromatic nitrogens is 7. The summed E-state index contributed by atoms with van der Waals surface area (Å²) in [5, 5.41) is 0. The van der Waals surface area contributed by atoms with Crippen LogP contribution in [0.25, 0.3) is 0 Å². The maximum Gasteiger partial charge on any atom is 0.126 e. The van der Waals surface area contributed by atoms with Crippen molar-refractivity contribution in [2.75, 3.05) is 0 Å². The second-order valence-corrected chi connectivity index (χ2v) is 12.0. The number of hydrogen-bond donors (Lipinski definition) is 0. The van der Waals surface area contributed by atoms with Crippen molar-refractivity contribution >= 4 is 0 Å². The van der Waals surface area contributed by atoms with Crippen molar-refractivity contribution in [2.45, 2.75) is 90.0 Å². The number of aryl methyl sites for hydroxylation is 13. The molecule has 0 aliphatic rings. The minimum absolute atomic E-state index is 0.208. The van der Waals surface area contributed by atoms with Gasteiger partial charge >= 0.3 is 0 Å². The van der Waals surface area contributed by atoms with Crippen LogP contribution in [0, 0.1) is 95.8 Å². The van der Waals surface area contributed by atoms with E-state index in [2.05, 4.69) is 86.0 Å². The quantitative estimate of drug-likeness (QED) is 0.158.